The fourth-order valence-electron chi connectivity index (χ4n) is 2.10. The van der Waals surface area contributed by atoms with E-state index in [-0.39, 0.29) is 0 Å². The van der Waals surface area contributed by atoms with E-state index >= 15 is 0 Å². The molecule has 1 aromatic rings. The van der Waals surface area contributed by atoms with Crippen molar-refractivity contribution in [1.29, 1.82) is 0 Å². The Bertz CT molecular complexity index is 434. The van der Waals surface area contributed by atoms with Crippen molar-refractivity contribution in [3.05, 3.63) is 17.7 Å². The minimum Gasteiger partial charge on any atom is -0.551 e. The molecule has 0 bridgehead atoms. The van der Waals surface area contributed by atoms with Crippen LogP contribution in [0, 0.1) is 0 Å². The normalized spacial score (nSPS) is 17.0. The van der Waals surface area contributed by atoms with Gasteiger partial charge in [0.1, 0.15) is 11.9 Å². The third kappa shape index (κ3) is 3.88. The molecule has 1 aliphatic rings. The maximum absolute atomic E-state index is 5.54. The summed E-state index contributed by atoms with van der Waals surface area (Å²) >= 11 is 0. The molecule has 1 fully saturated rings. The lowest BCUT2D eigenvalue weighted by Gasteiger charge is -2.16. The van der Waals surface area contributed by atoms with Gasteiger partial charge in [-0.05, 0) is 24.5 Å². The van der Waals surface area contributed by atoms with Gasteiger partial charge in [-0.1, -0.05) is 6.07 Å². The first kappa shape index (κ1) is 15.2. The van der Waals surface area contributed by atoms with Crippen LogP contribution in [0.4, 0.5) is 0 Å². The summed E-state index contributed by atoms with van der Waals surface area (Å²) in [5.41, 5.74) is 1.11. The van der Waals surface area contributed by atoms with Gasteiger partial charge in [-0.2, -0.15) is 0 Å². The molecule has 1 atom stereocenters. The lowest BCUT2D eigenvalue weighted by Crippen LogP contribution is -2.04. The topological polar surface area (TPSA) is 49.5 Å². The van der Waals surface area contributed by atoms with Crippen LogP contribution in [0.15, 0.2) is 12.1 Å². The number of ether oxygens (including phenoxy) is 4. The molecule has 5 nitrogen and oxygen atoms in total. The fraction of sp³-hybridized carbons (Fsp3) is 0.571. The summed E-state index contributed by atoms with van der Waals surface area (Å²) in [5, 5.41) is 0. The van der Waals surface area contributed by atoms with E-state index in [0.717, 1.165) is 43.1 Å². The Morgan fingerprint density at radius 2 is 2.00 bits per heavy atom. The van der Waals surface area contributed by atoms with E-state index in [2.05, 4.69) is 0 Å². The average Bonchev–Trinajstić information content (AvgIpc) is 3.30. The second-order valence-electron chi connectivity index (χ2n) is 4.63. The minimum absolute atomic E-state index is 0.329. The molecule has 0 amide bonds. The van der Waals surface area contributed by atoms with Crippen molar-refractivity contribution < 1.29 is 23.4 Å². The number of epoxide rings is 1. The monoisotopic (exact) mass is 298 g/mol. The van der Waals surface area contributed by atoms with E-state index in [9.17, 15) is 0 Å². The Hall–Kier alpha value is -1.24. The lowest BCUT2D eigenvalue weighted by atomic mass is 10.1. The summed E-state index contributed by atoms with van der Waals surface area (Å²) in [5.74, 6) is 2.17. The van der Waals surface area contributed by atoms with Crippen molar-refractivity contribution in [2.45, 2.75) is 18.9 Å². The Labute approximate surface area is 122 Å². The molecule has 1 aliphatic heterocycles. The van der Waals surface area contributed by atoms with E-state index in [1.54, 1.807) is 14.2 Å². The van der Waals surface area contributed by atoms with Crippen LogP contribution in [0.3, 0.4) is 0 Å². The molecule has 1 aromatic carbocycles. The van der Waals surface area contributed by atoms with Crippen molar-refractivity contribution in [3.8, 4) is 17.2 Å². The van der Waals surface area contributed by atoms with Crippen LogP contribution in [0.5, 0.6) is 17.2 Å². The molecule has 1 heterocycles. The van der Waals surface area contributed by atoms with Crippen LogP contribution < -0.4 is 13.9 Å². The first-order valence-corrected chi connectivity index (χ1v) is 7.59. The van der Waals surface area contributed by atoms with Crippen molar-refractivity contribution >= 4 is 10.5 Å². The first-order valence-electron chi connectivity index (χ1n) is 6.77. The number of aryl methyl sites for hydroxylation is 1. The van der Waals surface area contributed by atoms with Crippen molar-refractivity contribution in [2.75, 3.05) is 34.0 Å². The summed E-state index contributed by atoms with van der Waals surface area (Å²) in [4.78, 5) is 0. The quantitative estimate of drug-likeness (QED) is 0.382. The van der Waals surface area contributed by atoms with Crippen LogP contribution in [0.1, 0.15) is 12.0 Å². The van der Waals surface area contributed by atoms with E-state index < -0.39 is 0 Å². The highest BCUT2D eigenvalue weighted by Gasteiger charge is 2.22. The molecule has 20 heavy (non-hydrogen) atoms. The molecule has 1 unspecified atom stereocenters. The van der Waals surface area contributed by atoms with E-state index in [4.69, 9.17) is 23.4 Å². The molecule has 0 aromatic heterocycles. The zero-order valence-electron chi connectivity index (χ0n) is 12.3. The zero-order chi connectivity index (χ0) is 14.4. The van der Waals surface area contributed by atoms with Crippen molar-refractivity contribution in [2.24, 2.45) is 0 Å². The molecule has 0 saturated carbocycles. The summed E-state index contributed by atoms with van der Waals surface area (Å²) in [6, 6.07) is 3.96. The Balaban J connectivity index is 1.91. The standard InChI is InChI=1S/C14H22O5Si/c1-15-13-10(4-3-7-17-8-11-9-18-11)5-6-12(19-20)14(13)16-2/h5-6,11H,3-4,7-9H2,1-2,20H3. The fourth-order valence-corrected chi connectivity index (χ4v) is 2.43. The van der Waals surface area contributed by atoms with Gasteiger partial charge in [-0.25, -0.2) is 0 Å². The van der Waals surface area contributed by atoms with Gasteiger partial charge in [0.2, 0.25) is 16.2 Å². The largest absolute Gasteiger partial charge is 0.551 e. The molecule has 1 saturated heterocycles. The van der Waals surface area contributed by atoms with Gasteiger partial charge in [0.15, 0.2) is 5.75 Å². The second kappa shape index (κ2) is 7.52. The highest BCUT2D eigenvalue weighted by atomic mass is 28.2. The molecule has 6 heteroatoms. The molecule has 0 aliphatic carbocycles. The van der Waals surface area contributed by atoms with Gasteiger partial charge in [0.25, 0.3) is 0 Å². The van der Waals surface area contributed by atoms with Crippen LogP contribution in [-0.4, -0.2) is 50.6 Å². The average molecular weight is 298 g/mol. The summed E-state index contributed by atoms with van der Waals surface area (Å²) in [6.07, 6.45) is 2.15. The van der Waals surface area contributed by atoms with Crippen molar-refractivity contribution in [3.63, 3.8) is 0 Å². The summed E-state index contributed by atoms with van der Waals surface area (Å²) < 4.78 is 26.9. The van der Waals surface area contributed by atoms with Crippen LogP contribution >= 0.6 is 0 Å². The lowest BCUT2D eigenvalue weighted by molar-refractivity contribution is 0.114. The number of rotatable bonds is 9. The molecule has 112 valence electrons. The number of benzene rings is 1. The van der Waals surface area contributed by atoms with E-state index in [1.807, 2.05) is 12.1 Å². The number of hydrogen-bond donors (Lipinski definition) is 0. The number of methoxy groups -OCH3 is 2. The van der Waals surface area contributed by atoms with Gasteiger partial charge in [0, 0.05) is 6.61 Å². The summed E-state index contributed by atoms with van der Waals surface area (Å²) in [7, 11) is 3.90. The van der Waals surface area contributed by atoms with Crippen molar-refractivity contribution in [1.82, 2.24) is 0 Å². The SMILES string of the molecule is COc1c(CCCOCC2CO2)ccc(O[SiH3])c1OC. The van der Waals surface area contributed by atoms with Crippen LogP contribution in [0.25, 0.3) is 0 Å². The smallest absolute Gasteiger partial charge is 0.204 e. The third-order valence-electron chi connectivity index (χ3n) is 3.23. The molecular formula is C14H22O5Si. The minimum atomic E-state index is 0.329. The van der Waals surface area contributed by atoms with Gasteiger partial charge < -0.3 is 23.4 Å². The molecule has 2 rings (SSSR count). The van der Waals surface area contributed by atoms with Gasteiger partial charge in [0.05, 0.1) is 27.4 Å². The predicted molar refractivity (Wildman–Crippen MR) is 79.0 cm³/mol. The van der Waals surface area contributed by atoms with Gasteiger partial charge in [-0.3, -0.25) is 0 Å². The second-order valence-corrected chi connectivity index (χ2v) is 5.04. The highest BCUT2D eigenvalue weighted by Crippen LogP contribution is 2.40. The zero-order valence-corrected chi connectivity index (χ0v) is 14.3. The highest BCUT2D eigenvalue weighted by molar-refractivity contribution is 6.00. The van der Waals surface area contributed by atoms with Crippen LogP contribution in [0.2, 0.25) is 0 Å². The number of hydrogen-bond acceptors (Lipinski definition) is 5. The maximum atomic E-state index is 5.54. The van der Waals surface area contributed by atoms with Gasteiger partial charge in [-0.15, -0.1) is 0 Å². The Kier molecular flexibility index (Phi) is 5.69. The van der Waals surface area contributed by atoms with E-state index in [0.29, 0.717) is 28.9 Å². The predicted octanol–water partition coefficient (Wildman–Crippen LogP) is 0.711. The maximum Gasteiger partial charge on any atom is 0.204 e. The van der Waals surface area contributed by atoms with Gasteiger partial charge >= 0.3 is 0 Å². The van der Waals surface area contributed by atoms with E-state index in [1.165, 1.54) is 0 Å². The summed E-state index contributed by atoms with van der Waals surface area (Å²) in [6.45, 7) is 2.27. The Morgan fingerprint density at radius 1 is 1.25 bits per heavy atom. The molecule has 0 N–H and O–H groups in total. The molecule has 0 radical (unpaired) electrons. The molecule has 0 spiro atoms. The first-order chi connectivity index (χ1) is 9.80. The Morgan fingerprint density at radius 3 is 2.60 bits per heavy atom. The van der Waals surface area contributed by atoms with Crippen LogP contribution in [-0.2, 0) is 15.9 Å². The molecular weight excluding hydrogens is 276 g/mol. The third-order valence-corrected chi connectivity index (χ3v) is 3.67.